The van der Waals surface area contributed by atoms with Gasteiger partial charge in [-0.3, -0.25) is 14.5 Å². The van der Waals surface area contributed by atoms with Gasteiger partial charge < -0.3 is 10.8 Å². The van der Waals surface area contributed by atoms with Gasteiger partial charge in [-0.15, -0.1) is 0 Å². The lowest BCUT2D eigenvalue weighted by atomic mass is 9.86. The number of nitrogens with zero attached hydrogens (tertiary/aromatic N) is 1. The molecule has 0 aromatic carbocycles. The lowest BCUT2D eigenvalue weighted by molar-refractivity contribution is -0.137. The predicted molar refractivity (Wildman–Crippen MR) is 180 cm³/mol. The Kier molecular flexibility index (Phi) is 32.6. The summed E-state index contributed by atoms with van der Waals surface area (Å²) in [4.78, 5) is 24.6. The molecule has 1 unspecified atom stereocenters. The van der Waals surface area contributed by atoms with Crippen molar-refractivity contribution in [2.24, 2.45) is 5.73 Å². The van der Waals surface area contributed by atoms with Crippen LogP contribution >= 0.6 is 0 Å². The highest BCUT2D eigenvalue weighted by molar-refractivity contribution is 5.84. The number of hydrogen-bond donors (Lipinski definition) is 2. The standard InChI is InChI=1S/C24H50N2O.C12H24O2/c1-5-9-10-11-12-13-14-15-16-17-18-19-20-21-22-24(6-2,23(25)27)26(7-3)8-4;1-2-3-4-5-6-7-8-9-10-11-12(13)14/h5-22H2,1-4H3,(H2,25,27);2-11H2,1H3,(H,13,14). The van der Waals surface area contributed by atoms with Gasteiger partial charge in [-0.1, -0.05) is 176 Å². The van der Waals surface area contributed by atoms with E-state index in [1.807, 2.05) is 0 Å². The molecule has 5 nitrogen and oxygen atoms in total. The molecule has 0 aromatic heterocycles. The molecule has 0 aliphatic heterocycles. The molecule has 0 radical (unpaired) electrons. The predicted octanol–water partition coefficient (Wildman–Crippen LogP) is 10.8. The van der Waals surface area contributed by atoms with Crippen LogP contribution in [-0.2, 0) is 9.59 Å². The summed E-state index contributed by atoms with van der Waals surface area (Å²) in [6, 6.07) is 0. The van der Waals surface area contributed by atoms with Crippen LogP contribution in [0.15, 0.2) is 0 Å². The molecular formula is C36H74N2O3. The smallest absolute Gasteiger partial charge is 0.303 e. The number of carboxylic acids is 1. The van der Waals surface area contributed by atoms with Crippen LogP contribution in [0.1, 0.15) is 202 Å². The molecule has 0 bridgehead atoms. The Balaban J connectivity index is 0. The zero-order valence-electron chi connectivity index (χ0n) is 28.6. The molecule has 0 saturated carbocycles. The third-order valence-electron chi connectivity index (χ3n) is 8.85. The van der Waals surface area contributed by atoms with Crippen molar-refractivity contribution in [2.75, 3.05) is 13.1 Å². The number of rotatable bonds is 30. The Hall–Kier alpha value is -1.10. The van der Waals surface area contributed by atoms with Crippen LogP contribution in [0.4, 0.5) is 0 Å². The molecule has 0 aliphatic carbocycles. The molecule has 0 saturated heterocycles. The highest BCUT2D eigenvalue weighted by atomic mass is 16.4. The van der Waals surface area contributed by atoms with Crippen LogP contribution in [0.2, 0.25) is 0 Å². The second-order valence-corrected chi connectivity index (χ2v) is 12.2. The number of amides is 1. The van der Waals surface area contributed by atoms with Crippen LogP contribution in [0.3, 0.4) is 0 Å². The number of nitrogens with two attached hydrogens (primary N) is 1. The first kappa shape index (κ1) is 42.0. The van der Waals surface area contributed by atoms with Gasteiger partial charge in [0.1, 0.15) is 0 Å². The van der Waals surface area contributed by atoms with E-state index in [-0.39, 0.29) is 5.91 Å². The molecule has 0 rings (SSSR count). The van der Waals surface area contributed by atoms with Gasteiger partial charge >= 0.3 is 5.97 Å². The molecule has 0 aromatic rings. The van der Waals surface area contributed by atoms with Gasteiger partial charge in [-0.25, -0.2) is 0 Å². The minimum Gasteiger partial charge on any atom is -0.481 e. The topological polar surface area (TPSA) is 83.6 Å². The van der Waals surface area contributed by atoms with E-state index in [1.165, 1.54) is 128 Å². The third-order valence-corrected chi connectivity index (χ3v) is 8.85. The van der Waals surface area contributed by atoms with Gasteiger partial charge in [-0.2, -0.15) is 0 Å². The van der Waals surface area contributed by atoms with Crippen LogP contribution in [-0.4, -0.2) is 40.5 Å². The summed E-state index contributed by atoms with van der Waals surface area (Å²) in [7, 11) is 0. The highest BCUT2D eigenvalue weighted by Gasteiger charge is 2.38. The third kappa shape index (κ3) is 25.1. The van der Waals surface area contributed by atoms with E-state index in [0.717, 1.165) is 45.2 Å². The fourth-order valence-corrected chi connectivity index (χ4v) is 6.04. The highest BCUT2D eigenvalue weighted by Crippen LogP contribution is 2.27. The number of likely N-dealkylation sites (N-methyl/N-ethyl adjacent to an activating group) is 1. The molecule has 3 N–H and O–H groups in total. The van der Waals surface area contributed by atoms with E-state index < -0.39 is 11.5 Å². The van der Waals surface area contributed by atoms with Gasteiger partial charge in [0.25, 0.3) is 0 Å². The summed E-state index contributed by atoms with van der Waals surface area (Å²) in [5.41, 5.74) is 5.38. The second kappa shape index (κ2) is 31.8. The van der Waals surface area contributed by atoms with E-state index in [1.54, 1.807) is 0 Å². The van der Waals surface area contributed by atoms with Crippen molar-refractivity contribution < 1.29 is 14.7 Å². The van der Waals surface area contributed by atoms with Crippen molar-refractivity contribution in [1.29, 1.82) is 0 Å². The van der Waals surface area contributed by atoms with E-state index in [9.17, 15) is 9.59 Å². The number of primary amides is 1. The summed E-state index contributed by atoms with van der Waals surface area (Å²) in [5.74, 6) is -0.795. The molecular weight excluding hydrogens is 508 g/mol. The van der Waals surface area contributed by atoms with Gasteiger partial charge in [0, 0.05) is 6.42 Å². The van der Waals surface area contributed by atoms with Crippen LogP contribution < -0.4 is 5.73 Å². The Morgan fingerprint density at radius 1 is 0.537 bits per heavy atom. The maximum absolute atomic E-state index is 12.2. The van der Waals surface area contributed by atoms with Gasteiger partial charge in [-0.05, 0) is 32.4 Å². The average Bonchev–Trinajstić information content (AvgIpc) is 2.96. The van der Waals surface area contributed by atoms with Crippen molar-refractivity contribution in [3.63, 3.8) is 0 Å². The summed E-state index contributed by atoms with van der Waals surface area (Å²) in [5, 5.41) is 8.41. The minimum absolute atomic E-state index is 0.136. The Bertz CT molecular complexity index is 565. The van der Waals surface area contributed by atoms with Crippen molar-refractivity contribution in [3.05, 3.63) is 0 Å². The van der Waals surface area contributed by atoms with Crippen LogP contribution in [0.25, 0.3) is 0 Å². The maximum Gasteiger partial charge on any atom is 0.303 e. The van der Waals surface area contributed by atoms with E-state index >= 15 is 0 Å². The largest absolute Gasteiger partial charge is 0.481 e. The summed E-state index contributed by atoms with van der Waals surface area (Å²) in [6.45, 7) is 12.7. The molecule has 246 valence electrons. The van der Waals surface area contributed by atoms with Crippen molar-refractivity contribution in [3.8, 4) is 0 Å². The number of unbranched alkanes of at least 4 members (excludes halogenated alkanes) is 21. The lowest BCUT2D eigenvalue weighted by Crippen LogP contribution is -2.57. The summed E-state index contributed by atoms with van der Waals surface area (Å²) in [6.07, 6.45) is 32.3. The minimum atomic E-state index is -0.659. The molecule has 1 atom stereocenters. The van der Waals surface area contributed by atoms with E-state index in [2.05, 4.69) is 39.5 Å². The van der Waals surface area contributed by atoms with Crippen molar-refractivity contribution in [1.82, 2.24) is 4.90 Å². The Morgan fingerprint density at radius 2 is 0.854 bits per heavy atom. The van der Waals surface area contributed by atoms with Crippen LogP contribution in [0, 0.1) is 0 Å². The van der Waals surface area contributed by atoms with Crippen LogP contribution in [0.5, 0.6) is 0 Å². The number of carbonyl (C=O) groups is 2. The number of aliphatic carboxylic acids is 1. The van der Waals surface area contributed by atoms with Crippen molar-refractivity contribution >= 4 is 11.9 Å². The Labute approximate surface area is 257 Å². The molecule has 0 fully saturated rings. The fourth-order valence-electron chi connectivity index (χ4n) is 6.04. The monoisotopic (exact) mass is 583 g/mol. The average molecular weight is 583 g/mol. The number of carbonyl (C=O) groups excluding carboxylic acids is 1. The zero-order chi connectivity index (χ0) is 31.0. The Morgan fingerprint density at radius 3 is 1.12 bits per heavy atom. The first-order chi connectivity index (χ1) is 19.9. The van der Waals surface area contributed by atoms with Gasteiger partial charge in [0.05, 0.1) is 5.54 Å². The summed E-state index contributed by atoms with van der Waals surface area (Å²) >= 11 is 0. The second-order valence-electron chi connectivity index (χ2n) is 12.2. The van der Waals surface area contributed by atoms with Gasteiger partial charge in [0.2, 0.25) is 5.91 Å². The maximum atomic E-state index is 12.2. The zero-order valence-corrected chi connectivity index (χ0v) is 28.6. The van der Waals surface area contributed by atoms with E-state index in [0.29, 0.717) is 6.42 Å². The lowest BCUT2D eigenvalue weighted by Gasteiger charge is -2.40. The van der Waals surface area contributed by atoms with Crippen molar-refractivity contribution in [2.45, 2.75) is 207 Å². The number of hydrogen-bond acceptors (Lipinski definition) is 3. The molecule has 0 spiro atoms. The molecule has 41 heavy (non-hydrogen) atoms. The fraction of sp³-hybridized carbons (Fsp3) is 0.944. The number of carboxylic acid groups (broad SMARTS) is 1. The first-order valence-corrected chi connectivity index (χ1v) is 18.1. The molecule has 0 aliphatic rings. The SMILES string of the molecule is CCCCCCCCCCCC(=O)O.CCCCCCCCCCCCCCCCC(CC)(C(N)=O)N(CC)CC. The van der Waals surface area contributed by atoms with Gasteiger partial charge in [0.15, 0.2) is 0 Å². The first-order valence-electron chi connectivity index (χ1n) is 18.1. The molecule has 1 amide bonds. The molecule has 5 heteroatoms. The summed E-state index contributed by atoms with van der Waals surface area (Å²) < 4.78 is 0. The quantitative estimate of drug-likeness (QED) is 0.0825. The molecule has 0 heterocycles. The normalized spacial score (nSPS) is 12.6. The van der Waals surface area contributed by atoms with E-state index in [4.69, 9.17) is 10.8 Å².